The minimum Gasteiger partial charge on any atom is -0.378 e. The van der Waals surface area contributed by atoms with Crippen LogP contribution in [0.1, 0.15) is 23.7 Å². The first-order valence-corrected chi connectivity index (χ1v) is 6.83. The quantitative estimate of drug-likeness (QED) is 0.812. The molecule has 1 aromatic rings. The predicted octanol–water partition coefficient (Wildman–Crippen LogP) is 1.82. The van der Waals surface area contributed by atoms with Crippen LogP contribution < -0.4 is 10.6 Å². The number of urea groups is 1. The van der Waals surface area contributed by atoms with Gasteiger partial charge in [-0.25, -0.2) is 4.79 Å². The zero-order valence-corrected chi connectivity index (χ0v) is 12.3. The smallest absolute Gasteiger partial charge is 0.319 e. The number of anilines is 1. The van der Waals surface area contributed by atoms with Crippen molar-refractivity contribution in [1.29, 1.82) is 0 Å². The van der Waals surface area contributed by atoms with Crippen LogP contribution in [0, 0.1) is 0 Å². The van der Waals surface area contributed by atoms with Crippen molar-refractivity contribution in [1.82, 2.24) is 5.32 Å². The minimum atomic E-state index is -0.435. The van der Waals surface area contributed by atoms with E-state index in [0.717, 1.165) is 6.42 Å². The Morgan fingerprint density at radius 3 is 2.57 bits per heavy atom. The van der Waals surface area contributed by atoms with Gasteiger partial charge in [-0.2, -0.15) is 0 Å². The fourth-order valence-electron chi connectivity index (χ4n) is 2.17. The molecule has 21 heavy (non-hydrogen) atoms. The Kier molecular flexibility index (Phi) is 4.93. The summed E-state index contributed by atoms with van der Waals surface area (Å²) in [7, 11) is 1.62. The molecule has 2 rings (SSSR count). The first-order chi connectivity index (χ1) is 10.0. The second-order valence-corrected chi connectivity index (χ2v) is 5.13. The van der Waals surface area contributed by atoms with Crippen LogP contribution >= 0.6 is 0 Å². The number of nitrogens with one attached hydrogen (secondary N) is 2. The van der Waals surface area contributed by atoms with E-state index < -0.39 is 5.60 Å². The highest BCUT2D eigenvalue weighted by Gasteiger charge is 2.35. The van der Waals surface area contributed by atoms with E-state index in [4.69, 9.17) is 9.47 Å². The van der Waals surface area contributed by atoms with Crippen molar-refractivity contribution in [3.05, 3.63) is 29.8 Å². The third-order valence-corrected chi connectivity index (χ3v) is 3.62. The number of ketones is 1. The minimum absolute atomic E-state index is 0.00530. The van der Waals surface area contributed by atoms with Gasteiger partial charge >= 0.3 is 6.03 Å². The fourth-order valence-corrected chi connectivity index (χ4v) is 2.17. The SMILES string of the molecule is COC1(CNC(=O)Nc2ccc(C(C)=O)cc2)CCOC1. The molecule has 6 nitrogen and oxygen atoms in total. The lowest BCUT2D eigenvalue weighted by atomic mass is 10.0. The number of rotatable bonds is 5. The van der Waals surface area contributed by atoms with Gasteiger partial charge in [0.2, 0.25) is 0 Å². The number of carbonyl (C=O) groups is 2. The molecule has 0 radical (unpaired) electrons. The molecule has 0 saturated carbocycles. The Labute approximate surface area is 123 Å². The van der Waals surface area contributed by atoms with E-state index in [-0.39, 0.29) is 11.8 Å². The van der Waals surface area contributed by atoms with Gasteiger partial charge in [0, 0.05) is 31.4 Å². The zero-order chi connectivity index (χ0) is 15.3. The average Bonchev–Trinajstić information content (AvgIpc) is 2.95. The van der Waals surface area contributed by atoms with E-state index in [0.29, 0.717) is 31.0 Å². The molecule has 1 aliphatic heterocycles. The molecule has 2 N–H and O–H groups in total. The number of carbonyl (C=O) groups excluding carboxylic acids is 2. The number of hydrogen-bond donors (Lipinski definition) is 2. The third kappa shape index (κ3) is 4.03. The van der Waals surface area contributed by atoms with Crippen molar-refractivity contribution in [2.45, 2.75) is 18.9 Å². The molecule has 1 fully saturated rings. The van der Waals surface area contributed by atoms with Crippen LogP contribution in [0.3, 0.4) is 0 Å². The lowest BCUT2D eigenvalue weighted by Crippen LogP contribution is -2.46. The normalized spacial score (nSPS) is 21.0. The van der Waals surface area contributed by atoms with Crippen molar-refractivity contribution in [3.8, 4) is 0 Å². The highest BCUT2D eigenvalue weighted by Crippen LogP contribution is 2.21. The van der Waals surface area contributed by atoms with Gasteiger partial charge in [-0.3, -0.25) is 4.79 Å². The zero-order valence-electron chi connectivity index (χ0n) is 12.3. The first kappa shape index (κ1) is 15.5. The van der Waals surface area contributed by atoms with Gasteiger partial charge < -0.3 is 20.1 Å². The summed E-state index contributed by atoms with van der Waals surface area (Å²) in [5.74, 6) is -0.00530. The maximum atomic E-state index is 11.9. The molecule has 1 atom stereocenters. The van der Waals surface area contributed by atoms with Gasteiger partial charge in [-0.15, -0.1) is 0 Å². The summed E-state index contributed by atoms with van der Waals surface area (Å²) in [6, 6.07) is 6.44. The Balaban J connectivity index is 1.85. The van der Waals surface area contributed by atoms with Crippen LogP contribution in [0.25, 0.3) is 0 Å². The second-order valence-electron chi connectivity index (χ2n) is 5.13. The van der Waals surface area contributed by atoms with E-state index in [1.165, 1.54) is 6.92 Å². The molecule has 2 amide bonds. The largest absolute Gasteiger partial charge is 0.378 e. The molecule has 0 aliphatic carbocycles. The molecule has 114 valence electrons. The highest BCUT2D eigenvalue weighted by atomic mass is 16.5. The van der Waals surface area contributed by atoms with E-state index in [1.807, 2.05) is 0 Å². The number of amides is 2. The van der Waals surface area contributed by atoms with Gasteiger partial charge in [-0.1, -0.05) is 0 Å². The Hall–Kier alpha value is -1.92. The number of Topliss-reactive ketones (excluding diaryl/α,β-unsaturated/α-hetero) is 1. The molecule has 0 aromatic heterocycles. The maximum Gasteiger partial charge on any atom is 0.319 e. The number of ether oxygens (including phenoxy) is 2. The number of hydrogen-bond acceptors (Lipinski definition) is 4. The summed E-state index contributed by atoms with van der Waals surface area (Å²) in [4.78, 5) is 23.0. The van der Waals surface area contributed by atoms with Crippen molar-refractivity contribution in [3.63, 3.8) is 0 Å². The lowest BCUT2D eigenvalue weighted by molar-refractivity contribution is -0.0135. The molecule has 6 heteroatoms. The van der Waals surface area contributed by atoms with Gasteiger partial charge in [0.1, 0.15) is 5.60 Å². The summed E-state index contributed by atoms with van der Waals surface area (Å²) >= 11 is 0. The van der Waals surface area contributed by atoms with E-state index in [1.54, 1.807) is 31.4 Å². The third-order valence-electron chi connectivity index (χ3n) is 3.62. The van der Waals surface area contributed by atoms with Crippen LogP contribution in [0.5, 0.6) is 0 Å². The Morgan fingerprint density at radius 1 is 1.33 bits per heavy atom. The molecule has 1 heterocycles. The standard InChI is InChI=1S/C15H20N2O4/c1-11(18)12-3-5-13(6-4-12)17-14(19)16-9-15(20-2)7-8-21-10-15/h3-6H,7-10H2,1-2H3,(H2,16,17,19). The van der Waals surface area contributed by atoms with Crippen molar-refractivity contribution >= 4 is 17.5 Å². The summed E-state index contributed by atoms with van der Waals surface area (Å²) in [5, 5.41) is 5.50. The van der Waals surface area contributed by atoms with Crippen molar-refractivity contribution in [2.24, 2.45) is 0 Å². The second kappa shape index (κ2) is 6.69. The van der Waals surface area contributed by atoms with Gasteiger partial charge in [-0.05, 0) is 31.2 Å². The van der Waals surface area contributed by atoms with Gasteiger partial charge in [0.25, 0.3) is 0 Å². The molecule has 1 aromatic carbocycles. The highest BCUT2D eigenvalue weighted by molar-refractivity contribution is 5.95. The van der Waals surface area contributed by atoms with Crippen molar-refractivity contribution < 1.29 is 19.1 Å². The summed E-state index contributed by atoms with van der Waals surface area (Å²) in [6.07, 6.45) is 0.761. The van der Waals surface area contributed by atoms with E-state index in [9.17, 15) is 9.59 Å². The lowest BCUT2D eigenvalue weighted by Gasteiger charge is -2.25. The fraction of sp³-hybridized carbons (Fsp3) is 0.467. The maximum absolute atomic E-state index is 11.9. The van der Waals surface area contributed by atoms with Crippen LogP contribution in [0.4, 0.5) is 10.5 Å². The molecule has 0 spiro atoms. The predicted molar refractivity (Wildman–Crippen MR) is 78.6 cm³/mol. The Morgan fingerprint density at radius 2 is 2.05 bits per heavy atom. The number of methoxy groups -OCH3 is 1. The van der Waals surface area contributed by atoms with E-state index >= 15 is 0 Å². The average molecular weight is 292 g/mol. The Bertz CT molecular complexity index is 507. The molecular formula is C15H20N2O4. The summed E-state index contributed by atoms with van der Waals surface area (Å²) in [6.45, 7) is 3.02. The molecular weight excluding hydrogens is 272 g/mol. The van der Waals surface area contributed by atoms with Gasteiger partial charge in [0.15, 0.2) is 5.78 Å². The molecule has 1 saturated heterocycles. The first-order valence-electron chi connectivity index (χ1n) is 6.83. The van der Waals surface area contributed by atoms with Crippen LogP contribution in [-0.4, -0.2) is 44.3 Å². The van der Waals surface area contributed by atoms with Gasteiger partial charge in [0.05, 0.1) is 13.2 Å². The molecule has 1 aliphatic rings. The summed E-state index contributed by atoms with van der Waals surface area (Å²) < 4.78 is 10.7. The van der Waals surface area contributed by atoms with Crippen LogP contribution in [0.2, 0.25) is 0 Å². The van der Waals surface area contributed by atoms with E-state index in [2.05, 4.69) is 10.6 Å². The molecule has 0 bridgehead atoms. The molecule has 1 unspecified atom stereocenters. The monoisotopic (exact) mass is 292 g/mol. The van der Waals surface area contributed by atoms with Crippen LogP contribution in [0.15, 0.2) is 24.3 Å². The topological polar surface area (TPSA) is 76.7 Å². The summed E-state index contributed by atoms with van der Waals surface area (Å²) in [5.41, 5.74) is 0.810. The van der Waals surface area contributed by atoms with Crippen LogP contribution in [-0.2, 0) is 9.47 Å². The van der Waals surface area contributed by atoms with Crippen molar-refractivity contribution in [2.75, 3.05) is 32.2 Å². The number of benzene rings is 1.